The highest BCUT2D eigenvalue weighted by Gasteiger charge is 2.06. The Balaban J connectivity index is 2.99. The van der Waals surface area contributed by atoms with Gasteiger partial charge in [0.1, 0.15) is 5.82 Å². The summed E-state index contributed by atoms with van der Waals surface area (Å²) in [6.45, 7) is 8.39. The van der Waals surface area contributed by atoms with Crippen molar-refractivity contribution in [2.75, 3.05) is 18.0 Å². The van der Waals surface area contributed by atoms with Crippen LogP contribution in [0.1, 0.15) is 19.4 Å². The van der Waals surface area contributed by atoms with Gasteiger partial charge in [-0.25, -0.2) is 4.98 Å². The highest BCUT2D eigenvalue weighted by molar-refractivity contribution is 9.10. The lowest BCUT2D eigenvalue weighted by molar-refractivity contribution is 0.840. The number of hydrogen-bond donors (Lipinski definition) is 0. The van der Waals surface area contributed by atoms with E-state index in [9.17, 15) is 0 Å². The summed E-state index contributed by atoms with van der Waals surface area (Å²) in [6, 6.07) is 2.10. The third-order valence-corrected chi connectivity index (χ3v) is 2.51. The van der Waals surface area contributed by atoms with Crippen molar-refractivity contribution in [1.29, 1.82) is 0 Å². The fourth-order valence-electron chi connectivity index (χ4n) is 1.39. The van der Waals surface area contributed by atoms with Gasteiger partial charge in [-0.15, -0.1) is 0 Å². The SMILES string of the molecule is CCN(CC)c1ncc(Br)cc1C. The first-order valence-electron chi connectivity index (χ1n) is 4.56. The van der Waals surface area contributed by atoms with E-state index < -0.39 is 0 Å². The molecule has 72 valence electrons. The van der Waals surface area contributed by atoms with Gasteiger partial charge in [0.2, 0.25) is 0 Å². The molecule has 0 aliphatic rings. The Bertz CT molecular complexity index is 282. The van der Waals surface area contributed by atoms with E-state index >= 15 is 0 Å². The van der Waals surface area contributed by atoms with E-state index in [1.165, 1.54) is 5.56 Å². The second kappa shape index (κ2) is 4.61. The summed E-state index contributed by atoms with van der Waals surface area (Å²) in [5.41, 5.74) is 1.22. The number of anilines is 1. The van der Waals surface area contributed by atoms with E-state index in [4.69, 9.17) is 0 Å². The van der Waals surface area contributed by atoms with Gasteiger partial charge in [0.25, 0.3) is 0 Å². The molecule has 0 bridgehead atoms. The maximum Gasteiger partial charge on any atom is 0.131 e. The molecule has 1 aromatic rings. The molecule has 0 unspecified atom stereocenters. The first-order chi connectivity index (χ1) is 6.19. The first kappa shape index (κ1) is 10.5. The number of aryl methyl sites for hydroxylation is 1. The van der Waals surface area contributed by atoms with E-state index in [2.05, 4.69) is 52.7 Å². The number of rotatable bonds is 3. The summed E-state index contributed by atoms with van der Waals surface area (Å²) in [5, 5.41) is 0. The van der Waals surface area contributed by atoms with Crippen molar-refractivity contribution in [2.45, 2.75) is 20.8 Å². The van der Waals surface area contributed by atoms with Crippen LogP contribution in [0.3, 0.4) is 0 Å². The van der Waals surface area contributed by atoms with Gasteiger partial charge < -0.3 is 4.90 Å². The molecular formula is C10H15BrN2. The quantitative estimate of drug-likeness (QED) is 0.811. The predicted octanol–water partition coefficient (Wildman–Crippen LogP) is 3.00. The molecule has 0 saturated carbocycles. The number of aromatic nitrogens is 1. The zero-order chi connectivity index (χ0) is 9.84. The maximum atomic E-state index is 4.40. The topological polar surface area (TPSA) is 16.1 Å². The van der Waals surface area contributed by atoms with Crippen molar-refractivity contribution in [2.24, 2.45) is 0 Å². The second-order valence-corrected chi connectivity index (χ2v) is 3.88. The molecule has 0 N–H and O–H groups in total. The molecule has 0 spiro atoms. The van der Waals surface area contributed by atoms with Gasteiger partial charge in [-0.3, -0.25) is 0 Å². The van der Waals surface area contributed by atoms with Crippen LogP contribution in [0.2, 0.25) is 0 Å². The van der Waals surface area contributed by atoms with Crippen molar-refractivity contribution < 1.29 is 0 Å². The van der Waals surface area contributed by atoms with E-state index in [1.54, 1.807) is 0 Å². The number of pyridine rings is 1. The van der Waals surface area contributed by atoms with Crippen molar-refractivity contribution in [3.8, 4) is 0 Å². The van der Waals surface area contributed by atoms with Crippen LogP contribution < -0.4 is 4.90 Å². The predicted molar refractivity (Wildman–Crippen MR) is 60.2 cm³/mol. The summed E-state index contributed by atoms with van der Waals surface area (Å²) in [7, 11) is 0. The molecule has 0 amide bonds. The zero-order valence-electron chi connectivity index (χ0n) is 8.34. The lowest BCUT2D eigenvalue weighted by Crippen LogP contribution is -2.23. The summed E-state index contributed by atoms with van der Waals surface area (Å²) in [6.07, 6.45) is 1.85. The molecule has 0 fully saturated rings. The maximum absolute atomic E-state index is 4.40. The molecule has 3 heteroatoms. The fourth-order valence-corrected chi connectivity index (χ4v) is 1.83. The Morgan fingerprint density at radius 2 is 2.00 bits per heavy atom. The third kappa shape index (κ3) is 2.44. The van der Waals surface area contributed by atoms with Gasteiger partial charge in [-0.1, -0.05) is 0 Å². The molecule has 0 aromatic carbocycles. The Morgan fingerprint density at radius 1 is 1.38 bits per heavy atom. The summed E-state index contributed by atoms with van der Waals surface area (Å²) in [5.74, 6) is 1.09. The molecule has 0 aliphatic carbocycles. The third-order valence-electron chi connectivity index (χ3n) is 2.08. The Kier molecular flexibility index (Phi) is 3.72. The molecule has 1 heterocycles. The Hall–Kier alpha value is -0.570. The van der Waals surface area contributed by atoms with Crippen LogP contribution in [-0.2, 0) is 0 Å². The van der Waals surface area contributed by atoms with Crippen LogP contribution in [0.5, 0.6) is 0 Å². The number of nitrogens with zero attached hydrogens (tertiary/aromatic N) is 2. The average Bonchev–Trinajstić information content (AvgIpc) is 2.10. The standard InChI is InChI=1S/C10H15BrN2/c1-4-13(5-2)10-8(3)6-9(11)7-12-10/h6-7H,4-5H2,1-3H3. The lowest BCUT2D eigenvalue weighted by atomic mass is 10.2. The van der Waals surface area contributed by atoms with Crippen LogP contribution in [0.25, 0.3) is 0 Å². The summed E-state index contributed by atoms with van der Waals surface area (Å²) < 4.78 is 1.04. The molecule has 0 radical (unpaired) electrons. The van der Waals surface area contributed by atoms with Gasteiger partial charge in [-0.05, 0) is 48.3 Å². The largest absolute Gasteiger partial charge is 0.357 e. The van der Waals surface area contributed by atoms with Crippen LogP contribution >= 0.6 is 15.9 Å². The molecule has 13 heavy (non-hydrogen) atoms. The van der Waals surface area contributed by atoms with Crippen LogP contribution in [0, 0.1) is 6.92 Å². The minimum Gasteiger partial charge on any atom is -0.357 e. The normalized spacial score (nSPS) is 10.2. The number of hydrogen-bond acceptors (Lipinski definition) is 2. The minimum atomic E-state index is 1.01. The highest BCUT2D eigenvalue weighted by atomic mass is 79.9. The summed E-state index contributed by atoms with van der Waals surface area (Å²) in [4.78, 5) is 6.65. The van der Waals surface area contributed by atoms with Gasteiger partial charge in [0.15, 0.2) is 0 Å². The lowest BCUT2D eigenvalue weighted by Gasteiger charge is -2.21. The molecule has 0 saturated heterocycles. The highest BCUT2D eigenvalue weighted by Crippen LogP contribution is 2.19. The first-order valence-corrected chi connectivity index (χ1v) is 5.35. The van der Waals surface area contributed by atoms with E-state index in [1.807, 2.05) is 6.20 Å². The van der Waals surface area contributed by atoms with Crippen LogP contribution in [0.4, 0.5) is 5.82 Å². The average molecular weight is 243 g/mol. The zero-order valence-corrected chi connectivity index (χ0v) is 9.93. The second-order valence-electron chi connectivity index (χ2n) is 2.97. The molecule has 0 atom stereocenters. The Labute approximate surface area is 88.1 Å². The molecular weight excluding hydrogens is 228 g/mol. The van der Waals surface area contributed by atoms with E-state index in [-0.39, 0.29) is 0 Å². The minimum absolute atomic E-state index is 1.01. The Morgan fingerprint density at radius 3 is 2.46 bits per heavy atom. The molecule has 1 aromatic heterocycles. The van der Waals surface area contributed by atoms with Crippen LogP contribution in [-0.4, -0.2) is 18.1 Å². The number of halogens is 1. The molecule has 1 rings (SSSR count). The van der Waals surface area contributed by atoms with E-state index in [0.717, 1.165) is 23.4 Å². The molecule has 2 nitrogen and oxygen atoms in total. The smallest absolute Gasteiger partial charge is 0.131 e. The fraction of sp³-hybridized carbons (Fsp3) is 0.500. The van der Waals surface area contributed by atoms with Crippen molar-refractivity contribution >= 4 is 21.7 Å². The van der Waals surface area contributed by atoms with E-state index in [0.29, 0.717) is 0 Å². The monoisotopic (exact) mass is 242 g/mol. The molecule has 0 aliphatic heterocycles. The van der Waals surface area contributed by atoms with Gasteiger partial charge in [0, 0.05) is 23.8 Å². The van der Waals surface area contributed by atoms with Gasteiger partial charge in [-0.2, -0.15) is 0 Å². The van der Waals surface area contributed by atoms with Crippen molar-refractivity contribution in [1.82, 2.24) is 4.98 Å². The van der Waals surface area contributed by atoms with Gasteiger partial charge >= 0.3 is 0 Å². The van der Waals surface area contributed by atoms with Crippen molar-refractivity contribution in [3.63, 3.8) is 0 Å². The van der Waals surface area contributed by atoms with Crippen LogP contribution in [0.15, 0.2) is 16.7 Å². The summed E-state index contributed by atoms with van der Waals surface area (Å²) >= 11 is 3.41. The van der Waals surface area contributed by atoms with Gasteiger partial charge in [0.05, 0.1) is 0 Å². The van der Waals surface area contributed by atoms with Crippen molar-refractivity contribution in [3.05, 3.63) is 22.3 Å².